The van der Waals surface area contributed by atoms with Crippen molar-refractivity contribution < 1.29 is 13.2 Å². The predicted octanol–water partition coefficient (Wildman–Crippen LogP) is 1.84. The Morgan fingerprint density at radius 2 is 2.10 bits per heavy atom. The van der Waals surface area contributed by atoms with Crippen LogP contribution in [0.3, 0.4) is 0 Å². The Labute approximate surface area is 120 Å². The first kappa shape index (κ1) is 16.5. The normalized spacial score (nSPS) is 11.3. The molecule has 0 spiro atoms. The summed E-state index contributed by atoms with van der Waals surface area (Å²) in [6.07, 6.45) is 0.705. The van der Waals surface area contributed by atoms with E-state index in [-0.39, 0.29) is 12.4 Å². The molecule has 20 heavy (non-hydrogen) atoms. The maximum absolute atomic E-state index is 11.7. The van der Waals surface area contributed by atoms with Crippen molar-refractivity contribution in [3.63, 3.8) is 0 Å². The van der Waals surface area contributed by atoms with E-state index in [1.807, 2.05) is 6.07 Å². The Balaban J connectivity index is 3.18. The first-order valence-corrected chi connectivity index (χ1v) is 8.06. The van der Waals surface area contributed by atoms with Gasteiger partial charge in [-0.05, 0) is 36.6 Å². The standard InChI is InChI=1S/C14H20N2O3S/c1-11(2)9-13-12(10-20(17,18)16-3)5-4-6-14(13)19-8-7-15/h4-6,11,16H,8-10H2,1-3H3. The van der Waals surface area contributed by atoms with E-state index in [4.69, 9.17) is 10.00 Å². The van der Waals surface area contributed by atoms with Crippen LogP contribution in [0.5, 0.6) is 5.75 Å². The molecule has 0 aliphatic heterocycles. The number of nitrogens with one attached hydrogen (secondary N) is 1. The zero-order chi connectivity index (χ0) is 15.2. The van der Waals surface area contributed by atoms with Crippen LogP contribution in [0, 0.1) is 17.2 Å². The Hall–Kier alpha value is -1.58. The molecule has 0 unspecified atom stereocenters. The SMILES string of the molecule is CNS(=O)(=O)Cc1cccc(OCC#N)c1CC(C)C. The average molecular weight is 296 g/mol. The van der Waals surface area contributed by atoms with Gasteiger partial charge in [0.1, 0.15) is 11.8 Å². The van der Waals surface area contributed by atoms with Gasteiger partial charge in [-0.2, -0.15) is 5.26 Å². The number of hydrogen-bond acceptors (Lipinski definition) is 4. The molecule has 5 nitrogen and oxygen atoms in total. The topological polar surface area (TPSA) is 79.2 Å². The van der Waals surface area contributed by atoms with Gasteiger partial charge in [0.2, 0.25) is 10.0 Å². The molecule has 110 valence electrons. The van der Waals surface area contributed by atoms with E-state index in [0.29, 0.717) is 23.7 Å². The van der Waals surface area contributed by atoms with Gasteiger partial charge in [-0.1, -0.05) is 26.0 Å². The number of nitriles is 1. The zero-order valence-electron chi connectivity index (χ0n) is 12.0. The van der Waals surface area contributed by atoms with Crippen LogP contribution in [0.15, 0.2) is 18.2 Å². The highest BCUT2D eigenvalue weighted by Gasteiger charge is 2.16. The molecule has 0 saturated heterocycles. The molecule has 0 atom stereocenters. The van der Waals surface area contributed by atoms with Crippen molar-refractivity contribution in [2.24, 2.45) is 5.92 Å². The maximum atomic E-state index is 11.7. The molecule has 0 radical (unpaired) electrons. The fraction of sp³-hybridized carbons (Fsp3) is 0.500. The van der Waals surface area contributed by atoms with E-state index in [1.165, 1.54) is 7.05 Å². The van der Waals surface area contributed by atoms with Gasteiger partial charge in [-0.3, -0.25) is 0 Å². The maximum Gasteiger partial charge on any atom is 0.215 e. The molecule has 0 aliphatic carbocycles. The van der Waals surface area contributed by atoms with E-state index in [0.717, 1.165) is 5.56 Å². The first-order chi connectivity index (χ1) is 9.39. The molecule has 0 fully saturated rings. The molecule has 1 rings (SSSR count). The Morgan fingerprint density at radius 1 is 1.40 bits per heavy atom. The minimum Gasteiger partial charge on any atom is -0.478 e. The van der Waals surface area contributed by atoms with Gasteiger partial charge in [0.25, 0.3) is 0 Å². The summed E-state index contributed by atoms with van der Waals surface area (Å²) in [5.74, 6) is 0.858. The molecule has 0 heterocycles. The molecule has 0 bridgehead atoms. The van der Waals surface area contributed by atoms with Crippen molar-refractivity contribution in [2.75, 3.05) is 13.7 Å². The molecule has 0 saturated carbocycles. The molecule has 1 N–H and O–H groups in total. The fourth-order valence-electron chi connectivity index (χ4n) is 1.91. The van der Waals surface area contributed by atoms with Crippen LogP contribution < -0.4 is 9.46 Å². The minimum absolute atomic E-state index is 0.0483. The lowest BCUT2D eigenvalue weighted by atomic mass is 9.98. The third-order valence-corrected chi connectivity index (χ3v) is 4.10. The molecule has 0 aromatic heterocycles. The van der Waals surface area contributed by atoms with Gasteiger partial charge >= 0.3 is 0 Å². The molecular formula is C14H20N2O3S. The van der Waals surface area contributed by atoms with Gasteiger partial charge in [0, 0.05) is 0 Å². The lowest BCUT2D eigenvalue weighted by Gasteiger charge is -2.16. The van der Waals surface area contributed by atoms with Crippen molar-refractivity contribution in [2.45, 2.75) is 26.0 Å². The van der Waals surface area contributed by atoms with Crippen molar-refractivity contribution in [1.82, 2.24) is 4.72 Å². The Kier molecular flexibility index (Phi) is 5.99. The van der Waals surface area contributed by atoms with Crippen LogP contribution in [0.1, 0.15) is 25.0 Å². The number of hydrogen-bond donors (Lipinski definition) is 1. The summed E-state index contributed by atoms with van der Waals surface area (Å²) < 4.78 is 31.2. The molecule has 1 aromatic carbocycles. The van der Waals surface area contributed by atoms with Crippen molar-refractivity contribution >= 4 is 10.0 Å². The van der Waals surface area contributed by atoms with Crippen LogP contribution in [0.4, 0.5) is 0 Å². The smallest absolute Gasteiger partial charge is 0.215 e. The van der Waals surface area contributed by atoms with E-state index in [9.17, 15) is 8.42 Å². The average Bonchev–Trinajstić information content (AvgIpc) is 2.38. The van der Waals surface area contributed by atoms with E-state index < -0.39 is 10.0 Å². The van der Waals surface area contributed by atoms with E-state index >= 15 is 0 Å². The number of sulfonamides is 1. The van der Waals surface area contributed by atoms with Crippen LogP contribution in [-0.4, -0.2) is 22.1 Å². The van der Waals surface area contributed by atoms with E-state index in [1.54, 1.807) is 18.2 Å². The monoisotopic (exact) mass is 296 g/mol. The fourth-order valence-corrected chi connectivity index (χ4v) is 2.73. The highest BCUT2D eigenvalue weighted by atomic mass is 32.2. The summed E-state index contributed by atoms with van der Waals surface area (Å²) >= 11 is 0. The minimum atomic E-state index is -3.34. The largest absolute Gasteiger partial charge is 0.478 e. The number of benzene rings is 1. The van der Waals surface area contributed by atoms with Gasteiger partial charge in [0.15, 0.2) is 6.61 Å². The zero-order valence-corrected chi connectivity index (χ0v) is 12.8. The highest BCUT2D eigenvalue weighted by Crippen LogP contribution is 2.26. The highest BCUT2D eigenvalue weighted by molar-refractivity contribution is 7.88. The van der Waals surface area contributed by atoms with Gasteiger partial charge < -0.3 is 4.74 Å². The second kappa shape index (κ2) is 7.27. The first-order valence-electron chi connectivity index (χ1n) is 6.41. The van der Waals surface area contributed by atoms with E-state index in [2.05, 4.69) is 18.6 Å². The lowest BCUT2D eigenvalue weighted by molar-refractivity contribution is 0.361. The Morgan fingerprint density at radius 3 is 2.65 bits per heavy atom. The predicted molar refractivity (Wildman–Crippen MR) is 77.8 cm³/mol. The third-order valence-electron chi connectivity index (χ3n) is 2.79. The van der Waals surface area contributed by atoms with Gasteiger partial charge in [-0.15, -0.1) is 0 Å². The Bertz CT molecular complexity index is 589. The second-order valence-corrected chi connectivity index (χ2v) is 6.83. The van der Waals surface area contributed by atoms with Crippen LogP contribution in [0.2, 0.25) is 0 Å². The van der Waals surface area contributed by atoms with Crippen molar-refractivity contribution in [1.29, 1.82) is 5.26 Å². The van der Waals surface area contributed by atoms with Gasteiger partial charge in [0.05, 0.1) is 5.75 Å². The number of nitrogens with zero attached hydrogens (tertiary/aromatic N) is 1. The second-order valence-electron chi connectivity index (χ2n) is 4.90. The molecule has 6 heteroatoms. The van der Waals surface area contributed by atoms with Crippen LogP contribution in [-0.2, 0) is 22.2 Å². The quantitative estimate of drug-likeness (QED) is 0.832. The summed E-state index contributed by atoms with van der Waals surface area (Å²) in [7, 11) is -1.94. The summed E-state index contributed by atoms with van der Waals surface area (Å²) in [4.78, 5) is 0. The summed E-state index contributed by atoms with van der Waals surface area (Å²) in [5.41, 5.74) is 1.57. The molecular weight excluding hydrogens is 276 g/mol. The number of ether oxygens (including phenoxy) is 1. The summed E-state index contributed by atoms with van der Waals surface area (Å²) in [6.45, 7) is 4.06. The van der Waals surface area contributed by atoms with Crippen LogP contribution >= 0.6 is 0 Å². The molecule has 0 amide bonds. The van der Waals surface area contributed by atoms with Gasteiger partial charge in [-0.25, -0.2) is 13.1 Å². The third kappa shape index (κ3) is 4.83. The lowest BCUT2D eigenvalue weighted by Crippen LogP contribution is -2.21. The molecule has 0 aliphatic rings. The van der Waals surface area contributed by atoms with Crippen molar-refractivity contribution in [3.05, 3.63) is 29.3 Å². The van der Waals surface area contributed by atoms with Crippen molar-refractivity contribution in [3.8, 4) is 11.8 Å². The summed E-state index contributed by atoms with van der Waals surface area (Å²) in [6, 6.07) is 7.22. The molecule has 1 aromatic rings. The summed E-state index contributed by atoms with van der Waals surface area (Å²) in [5, 5.41) is 8.61. The number of rotatable bonds is 7. The van der Waals surface area contributed by atoms with Crippen LogP contribution in [0.25, 0.3) is 0 Å².